The van der Waals surface area contributed by atoms with Crippen LogP contribution in [0.5, 0.6) is 11.5 Å². The molecular weight excluding hydrogens is 486 g/mol. The molecule has 0 radical (unpaired) electrons. The predicted molar refractivity (Wildman–Crippen MR) is 145 cm³/mol. The van der Waals surface area contributed by atoms with E-state index in [0.29, 0.717) is 39.0 Å². The number of hydrogen-bond donors (Lipinski definition) is 0. The molecule has 0 bridgehead atoms. The van der Waals surface area contributed by atoms with Gasteiger partial charge in [-0.1, -0.05) is 65.9 Å². The summed E-state index contributed by atoms with van der Waals surface area (Å²) in [6.07, 6.45) is 1.84. The molecule has 0 aromatic heterocycles. The molecule has 0 spiro atoms. The Hall–Kier alpha value is -2.80. The Bertz CT molecular complexity index is 1270. The Morgan fingerprint density at radius 3 is 2.50 bits per heavy atom. The summed E-state index contributed by atoms with van der Waals surface area (Å²) in [4.78, 5) is 15.4. The van der Waals surface area contributed by atoms with Crippen molar-refractivity contribution in [3.63, 3.8) is 0 Å². The van der Waals surface area contributed by atoms with Gasteiger partial charge in [-0.15, -0.1) is 0 Å². The van der Waals surface area contributed by atoms with Crippen molar-refractivity contribution >= 4 is 57.6 Å². The highest BCUT2D eigenvalue weighted by atomic mass is 35.5. The van der Waals surface area contributed by atoms with Crippen LogP contribution >= 0.6 is 35.6 Å². The molecule has 0 atom stereocenters. The van der Waals surface area contributed by atoms with E-state index in [0.717, 1.165) is 27.9 Å². The number of halogens is 1. The quantitative estimate of drug-likeness (QED) is 0.246. The van der Waals surface area contributed by atoms with Crippen molar-refractivity contribution in [1.82, 2.24) is 0 Å². The highest BCUT2D eigenvalue weighted by molar-refractivity contribution is 8.27. The summed E-state index contributed by atoms with van der Waals surface area (Å²) in [6.45, 7) is 6.79. The molecule has 0 N–H and O–H groups in total. The van der Waals surface area contributed by atoms with Gasteiger partial charge in [-0.05, 0) is 79.4 Å². The van der Waals surface area contributed by atoms with Crippen LogP contribution in [0.25, 0.3) is 6.08 Å². The Morgan fingerprint density at radius 1 is 1.00 bits per heavy atom. The van der Waals surface area contributed by atoms with Gasteiger partial charge >= 0.3 is 0 Å². The summed E-state index contributed by atoms with van der Waals surface area (Å²) >= 11 is 12.8. The molecule has 0 aliphatic carbocycles. The maximum atomic E-state index is 13.2. The van der Waals surface area contributed by atoms with E-state index in [1.54, 1.807) is 4.90 Å². The van der Waals surface area contributed by atoms with Gasteiger partial charge in [0.15, 0.2) is 15.8 Å². The molecular formula is C27H24ClNO3S2. The van der Waals surface area contributed by atoms with Crippen molar-refractivity contribution < 1.29 is 14.3 Å². The van der Waals surface area contributed by atoms with Crippen LogP contribution in [0.15, 0.2) is 65.6 Å². The van der Waals surface area contributed by atoms with E-state index in [-0.39, 0.29) is 5.91 Å². The number of carbonyl (C=O) groups excluding carboxylic acids is 1. The summed E-state index contributed by atoms with van der Waals surface area (Å²) in [7, 11) is 0. The zero-order chi connectivity index (χ0) is 24.2. The van der Waals surface area contributed by atoms with Crippen LogP contribution in [-0.2, 0) is 11.4 Å². The molecule has 7 heteroatoms. The number of thioether (sulfide) groups is 1. The minimum Gasteiger partial charge on any atom is -0.490 e. The van der Waals surface area contributed by atoms with E-state index >= 15 is 0 Å². The van der Waals surface area contributed by atoms with Gasteiger partial charge in [-0.3, -0.25) is 9.69 Å². The molecule has 174 valence electrons. The number of anilines is 1. The van der Waals surface area contributed by atoms with E-state index in [9.17, 15) is 4.79 Å². The molecule has 3 aromatic rings. The van der Waals surface area contributed by atoms with Gasteiger partial charge in [0.1, 0.15) is 6.61 Å². The molecule has 1 heterocycles. The zero-order valence-corrected chi connectivity index (χ0v) is 21.5. The normalized spacial score (nSPS) is 14.7. The standard InChI is InChI=1S/C27H24ClNO3S2/c1-4-31-24-14-20(9-12-23(24)32-16-19-7-10-21(28)11-8-19)15-25-26(30)29(27(33)34-25)22-13-17(2)5-6-18(22)3/h5-15H,4,16H2,1-3H3/b25-15-. The lowest BCUT2D eigenvalue weighted by Gasteiger charge is -2.17. The number of amides is 1. The van der Waals surface area contributed by atoms with Crippen LogP contribution in [0, 0.1) is 13.8 Å². The number of rotatable bonds is 7. The summed E-state index contributed by atoms with van der Waals surface area (Å²) in [5, 5.41) is 0.686. The largest absolute Gasteiger partial charge is 0.490 e. The van der Waals surface area contributed by atoms with Crippen molar-refractivity contribution in [2.24, 2.45) is 0 Å². The van der Waals surface area contributed by atoms with Crippen LogP contribution in [0.1, 0.15) is 29.2 Å². The molecule has 3 aromatic carbocycles. The summed E-state index contributed by atoms with van der Waals surface area (Å²) in [6, 6.07) is 19.2. The number of hydrogen-bond acceptors (Lipinski definition) is 5. The van der Waals surface area contributed by atoms with Gasteiger partial charge in [-0.2, -0.15) is 0 Å². The third kappa shape index (κ3) is 5.46. The molecule has 1 amide bonds. The second kappa shape index (κ2) is 10.6. The van der Waals surface area contributed by atoms with Gasteiger partial charge < -0.3 is 9.47 Å². The average Bonchev–Trinajstić information content (AvgIpc) is 3.09. The highest BCUT2D eigenvalue weighted by Gasteiger charge is 2.34. The minimum absolute atomic E-state index is 0.121. The van der Waals surface area contributed by atoms with Crippen molar-refractivity contribution in [2.45, 2.75) is 27.4 Å². The number of benzene rings is 3. The number of aryl methyl sites for hydroxylation is 2. The maximum Gasteiger partial charge on any atom is 0.270 e. The van der Waals surface area contributed by atoms with Gasteiger partial charge in [0, 0.05) is 5.02 Å². The van der Waals surface area contributed by atoms with Crippen molar-refractivity contribution in [3.8, 4) is 11.5 Å². The fourth-order valence-electron chi connectivity index (χ4n) is 3.53. The maximum absolute atomic E-state index is 13.2. The van der Waals surface area contributed by atoms with Crippen molar-refractivity contribution in [2.75, 3.05) is 11.5 Å². The molecule has 4 rings (SSSR count). The molecule has 1 aliphatic rings. The summed E-state index contributed by atoms with van der Waals surface area (Å²) in [5.41, 5.74) is 4.75. The smallest absolute Gasteiger partial charge is 0.270 e. The molecule has 1 fully saturated rings. The third-order valence-electron chi connectivity index (χ3n) is 5.27. The molecule has 1 saturated heterocycles. The zero-order valence-electron chi connectivity index (χ0n) is 19.1. The van der Waals surface area contributed by atoms with E-state index in [1.165, 1.54) is 11.8 Å². The second-order valence-corrected chi connectivity index (χ2v) is 9.97. The van der Waals surface area contributed by atoms with Gasteiger partial charge in [0.2, 0.25) is 0 Å². The van der Waals surface area contributed by atoms with Crippen LogP contribution in [0.2, 0.25) is 5.02 Å². The van der Waals surface area contributed by atoms with Gasteiger partial charge in [0.25, 0.3) is 5.91 Å². The van der Waals surface area contributed by atoms with E-state index in [4.69, 9.17) is 33.3 Å². The monoisotopic (exact) mass is 509 g/mol. The fraction of sp³-hybridized carbons (Fsp3) is 0.185. The fourth-order valence-corrected chi connectivity index (χ4v) is 4.94. The first-order chi connectivity index (χ1) is 16.4. The predicted octanol–water partition coefficient (Wildman–Crippen LogP) is 7.34. The molecule has 34 heavy (non-hydrogen) atoms. The Labute approximate surface area is 214 Å². The third-order valence-corrected chi connectivity index (χ3v) is 6.83. The van der Waals surface area contributed by atoms with Crippen LogP contribution in [-0.4, -0.2) is 16.8 Å². The number of ether oxygens (including phenoxy) is 2. The van der Waals surface area contributed by atoms with Crippen molar-refractivity contribution in [1.29, 1.82) is 0 Å². The van der Waals surface area contributed by atoms with Crippen molar-refractivity contribution in [3.05, 3.63) is 92.8 Å². The first kappa shape index (κ1) is 24.3. The number of nitrogens with zero attached hydrogens (tertiary/aromatic N) is 1. The first-order valence-electron chi connectivity index (χ1n) is 10.8. The summed E-state index contributed by atoms with van der Waals surface area (Å²) in [5.74, 6) is 1.14. The topological polar surface area (TPSA) is 38.8 Å². The van der Waals surface area contributed by atoms with Crippen LogP contribution in [0.4, 0.5) is 5.69 Å². The van der Waals surface area contributed by atoms with Gasteiger partial charge in [0.05, 0.1) is 17.2 Å². The highest BCUT2D eigenvalue weighted by Crippen LogP contribution is 2.38. The van der Waals surface area contributed by atoms with E-state index in [1.807, 2.05) is 87.5 Å². The Kier molecular flexibility index (Phi) is 7.61. The lowest BCUT2D eigenvalue weighted by Crippen LogP contribution is -2.28. The number of thiocarbonyl (C=S) groups is 1. The molecule has 0 saturated carbocycles. The minimum atomic E-state index is -0.121. The first-order valence-corrected chi connectivity index (χ1v) is 12.5. The van der Waals surface area contributed by atoms with E-state index in [2.05, 4.69) is 0 Å². The Morgan fingerprint density at radius 2 is 1.76 bits per heavy atom. The molecule has 0 unspecified atom stereocenters. The van der Waals surface area contributed by atoms with Gasteiger partial charge in [-0.25, -0.2) is 0 Å². The number of carbonyl (C=O) groups is 1. The SMILES string of the molecule is CCOc1cc(/C=C2\SC(=S)N(c3cc(C)ccc3C)C2=O)ccc1OCc1ccc(Cl)cc1. The average molecular weight is 510 g/mol. The van der Waals surface area contributed by atoms with E-state index < -0.39 is 0 Å². The molecule has 4 nitrogen and oxygen atoms in total. The summed E-state index contributed by atoms with van der Waals surface area (Å²) < 4.78 is 12.3. The van der Waals surface area contributed by atoms with Crippen LogP contribution < -0.4 is 14.4 Å². The van der Waals surface area contributed by atoms with Crippen LogP contribution in [0.3, 0.4) is 0 Å². The lowest BCUT2D eigenvalue weighted by molar-refractivity contribution is -0.113. The lowest BCUT2D eigenvalue weighted by atomic mass is 10.1. The Balaban J connectivity index is 1.56. The molecule has 1 aliphatic heterocycles. The second-order valence-electron chi connectivity index (χ2n) is 7.86.